The van der Waals surface area contributed by atoms with Gasteiger partial charge in [-0.3, -0.25) is 0 Å². The largest absolute Gasteiger partial charge is 0.469 e. The Hall–Kier alpha value is -1.81. The molecule has 0 aliphatic carbocycles. The SMILES string of the molecule is CC(C)(CCOCCN)OCC(C)(C)Oc1cc(C(F)(F)F)nc(N[C@H]2CO[C@H](CO)[C@H](O)[C@@H]2O)n1. The number of hydrogen-bond acceptors (Lipinski definition) is 11. The van der Waals surface area contributed by atoms with Crippen molar-refractivity contribution in [3.63, 3.8) is 0 Å². The fourth-order valence-electron chi connectivity index (χ4n) is 3.28. The van der Waals surface area contributed by atoms with Crippen LogP contribution in [0, 0.1) is 0 Å². The molecule has 14 heteroatoms. The van der Waals surface area contributed by atoms with Crippen molar-refractivity contribution >= 4 is 5.95 Å². The summed E-state index contributed by atoms with van der Waals surface area (Å²) in [5.74, 6) is -0.839. The van der Waals surface area contributed by atoms with Gasteiger partial charge in [0.05, 0.1) is 38.1 Å². The summed E-state index contributed by atoms with van der Waals surface area (Å²) in [6, 6.07) is -0.360. The maximum Gasteiger partial charge on any atom is 0.433 e. The summed E-state index contributed by atoms with van der Waals surface area (Å²) < 4.78 is 62.8. The molecule has 11 nitrogen and oxygen atoms in total. The highest BCUT2D eigenvalue weighted by atomic mass is 19.4. The zero-order valence-corrected chi connectivity index (χ0v) is 20.9. The molecule has 0 spiro atoms. The molecule has 208 valence electrons. The summed E-state index contributed by atoms with van der Waals surface area (Å²) in [5, 5.41) is 32.1. The fourth-order valence-corrected chi connectivity index (χ4v) is 3.28. The van der Waals surface area contributed by atoms with E-state index >= 15 is 0 Å². The van der Waals surface area contributed by atoms with E-state index in [2.05, 4.69) is 15.3 Å². The van der Waals surface area contributed by atoms with Crippen LogP contribution in [0.3, 0.4) is 0 Å². The number of nitrogens with one attached hydrogen (secondary N) is 1. The van der Waals surface area contributed by atoms with Crippen LogP contribution in [0.5, 0.6) is 5.88 Å². The third kappa shape index (κ3) is 9.25. The number of alkyl halides is 3. The Morgan fingerprint density at radius 1 is 1.11 bits per heavy atom. The molecule has 2 heterocycles. The summed E-state index contributed by atoms with van der Waals surface area (Å²) in [6.45, 7) is 7.57. The quantitative estimate of drug-likeness (QED) is 0.230. The van der Waals surface area contributed by atoms with Gasteiger partial charge >= 0.3 is 6.18 Å². The number of aromatic nitrogens is 2. The number of ether oxygens (including phenoxy) is 4. The average Bonchev–Trinajstić information content (AvgIpc) is 2.78. The third-order valence-corrected chi connectivity index (χ3v) is 5.42. The number of halogens is 3. The summed E-state index contributed by atoms with van der Waals surface area (Å²) in [4.78, 5) is 7.49. The van der Waals surface area contributed by atoms with Gasteiger partial charge in [-0.2, -0.15) is 18.2 Å². The Morgan fingerprint density at radius 3 is 2.42 bits per heavy atom. The number of aliphatic hydroxyl groups is 3. The second-order valence-electron chi connectivity index (χ2n) is 9.76. The molecule has 6 N–H and O–H groups in total. The molecule has 1 aliphatic rings. The second-order valence-corrected chi connectivity index (χ2v) is 9.76. The van der Waals surface area contributed by atoms with Gasteiger partial charge in [0, 0.05) is 19.2 Å². The predicted molar refractivity (Wildman–Crippen MR) is 123 cm³/mol. The molecule has 0 amide bonds. The van der Waals surface area contributed by atoms with E-state index in [1.54, 1.807) is 13.8 Å². The van der Waals surface area contributed by atoms with Gasteiger partial charge in [-0.25, -0.2) is 4.98 Å². The molecule has 0 radical (unpaired) electrons. The van der Waals surface area contributed by atoms with E-state index in [4.69, 9.17) is 24.7 Å². The van der Waals surface area contributed by atoms with Crippen LogP contribution in [0.4, 0.5) is 19.1 Å². The van der Waals surface area contributed by atoms with Crippen LogP contribution in [0.15, 0.2) is 6.07 Å². The lowest BCUT2D eigenvalue weighted by Gasteiger charge is -2.37. The van der Waals surface area contributed by atoms with Crippen molar-refractivity contribution in [2.45, 2.75) is 75.8 Å². The van der Waals surface area contributed by atoms with Crippen molar-refractivity contribution < 1.29 is 47.4 Å². The maximum absolute atomic E-state index is 13.5. The first-order valence-corrected chi connectivity index (χ1v) is 11.6. The topological polar surface area (TPSA) is 161 Å². The summed E-state index contributed by atoms with van der Waals surface area (Å²) >= 11 is 0. The van der Waals surface area contributed by atoms with E-state index < -0.39 is 60.0 Å². The van der Waals surface area contributed by atoms with Gasteiger partial charge in [-0.15, -0.1) is 0 Å². The van der Waals surface area contributed by atoms with Crippen LogP contribution in [-0.4, -0.2) is 100 Å². The van der Waals surface area contributed by atoms with Crippen LogP contribution >= 0.6 is 0 Å². The molecule has 1 fully saturated rings. The van der Waals surface area contributed by atoms with E-state index in [-0.39, 0.29) is 19.1 Å². The van der Waals surface area contributed by atoms with Crippen LogP contribution in [0.1, 0.15) is 39.8 Å². The molecule has 0 unspecified atom stereocenters. The average molecular weight is 527 g/mol. The van der Waals surface area contributed by atoms with Gasteiger partial charge in [0.25, 0.3) is 0 Å². The van der Waals surface area contributed by atoms with Gasteiger partial charge < -0.3 is 45.3 Å². The second kappa shape index (κ2) is 12.6. The maximum atomic E-state index is 13.5. The van der Waals surface area contributed by atoms with Crippen molar-refractivity contribution in [2.75, 3.05) is 44.9 Å². The molecule has 0 aromatic carbocycles. The first kappa shape index (κ1) is 30.4. The fraction of sp³-hybridized carbons (Fsp3) is 0.818. The Kier molecular flexibility index (Phi) is 10.7. The number of nitrogens with zero attached hydrogens (tertiary/aromatic N) is 2. The minimum Gasteiger partial charge on any atom is -0.469 e. The summed E-state index contributed by atoms with van der Waals surface area (Å²) in [7, 11) is 0. The van der Waals surface area contributed by atoms with Crippen LogP contribution in [-0.2, 0) is 20.4 Å². The Morgan fingerprint density at radius 2 is 1.81 bits per heavy atom. The van der Waals surface area contributed by atoms with Gasteiger partial charge in [-0.1, -0.05) is 0 Å². The Balaban J connectivity index is 2.13. The van der Waals surface area contributed by atoms with Gasteiger partial charge in [0.1, 0.15) is 23.9 Å². The number of rotatable bonds is 13. The summed E-state index contributed by atoms with van der Waals surface area (Å²) in [6.07, 6.45) is -8.15. The highest BCUT2D eigenvalue weighted by Crippen LogP contribution is 2.32. The minimum atomic E-state index is -4.80. The van der Waals surface area contributed by atoms with E-state index in [0.29, 0.717) is 32.2 Å². The number of aliphatic hydroxyl groups excluding tert-OH is 3. The van der Waals surface area contributed by atoms with Crippen molar-refractivity contribution in [3.8, 4) is 5.88 Å². The molecular formula is C22H37F3N4O7. The van der Waals surface area contributed by atoms with Crippen LogP contribution in [0.2, 0.25) is 0 Å². The molecule has 36 heavy (non-hydrogen) atoms. The minimum absolute atomic E-state index is 0.0366. The first-order valence-electron chi connectivity index (χ1n) is 11.6. The van der Waals surface area contributed by atoms with Gasteiger partial charge in [-0.05, 0) is 34.1 Å². The lowest BCUT2D eigenvalue weighted by atomic mass is 9.98. The smallest absolute Gasteiger partial charge is 0.433 e. The molecule has 0 bridgehead atoms. The zero-order chi connectivity index (χ0) is 27.1. The highest BCUT2D eigenvalue weighted by Gasteiger charge is 2.40. The summed E-state index contributed by atoms with van der Waals surface area (Å²) in [5.41, 5.74) is 2.48. The van der Waals surface area contributed by atoms with E-state index in [1.165, 1.54) is 0 Å². The number of nitrogens with two attached hydrogens (primary N) is 1. The lowest BCUT2D eigenvalue weighted by molar-refractivity contribution is -0.152. The number of anilines is 1. The van der Waals surface area contributed by atoms with Crippen molar-refractivity contribution in [1.82, 2.24) is 9.97 Å². The highest BCUT2D eigenvalue weighted by molar-refractivity contribution is 5.34. The van der Waals surface area contributed by atoms with E-state index in [1.807, 2.05) is 13.8 Å². The first-order chi connectivity index (χ1) is 16.7. The molecule has 1 aromatic rings. The standard InChI is InChI=1S/C22H37F3N4O7/c1-20(2,5-7-33-8-6-26)35-12-21(3,4)36-16-9-15(22(23,24)25)28-19(29-16)27-13-11-34-14(10-30)18(32)17(13)31/h9,13-14,17-18,30-32H,5-8,10-12,26H2,1-4H3,(H,27,28,29)/t13-,14+,17+,18-/m0/s1. The van der Waals surface area contributed by atoms with Crippen molar-refractivity contribution in [1.29, 1.82) is 0 Å². The van der Waals surface area contributed by atoms with Gasteiger partial charge in [0.2, 0.25) is 11.8 Å². The molecule has 1 aliphatic heterocycles. The van der Waals surface area contributed by atoms with Crippen molar-refractivity contribution in [3.05, 3.63) is 11.8 Å². The zero-order valence-electron chi connectivity index (χ0n) is 20.9. The van der Waals surface area contributed by atoms with E-state index in [0.717, 1.165) is 0 Å². The van der Waals surface area contributed by atoms with Crippen LogP contribution < -0.4 is 15.8 Å². The monoisotopic (exact) mass is 526 g/mol. The molecule has 1 aromatic heterocycles. The van der Waals surface area contributed by atoms with Crippen LogP contribution in [0.25, 0.3) is 0 Å². The van der Waals surface area contributed by atoms with Crippen molar-refractivity contribution in [2.24, 2.45) is 5.73 Å². The normalized spacial score (nSPS) is 23.5. The third-order valence-electron chi connectivity index (χ3n) is 5.42. The molecule has 2 rings (SSSR count). The molecule has 0 saturated carbocycles. The van der Waals surface area contributed by atoms with E-state index in [9.17, 15) is 28.5 Å². The number of hydrogen-bond donors (Lipinski definition) is 5. The van der Waals surface area contributed by atoms with Gasteiger partial charge in [0.15, 0.2) is 5.69 Å². The predicted octanol–water partition coefficient (Wildman–Crippen LogP) is 0.707. The molecule has 1 saturated heterocycles. The Labute approximate surface area is 208 Å². The lowest BCUT2D eigenvalue weighted by Crippen LogP contribution is -2.56. The molecule has 4 atom stereocenters. The Bertz CT molecular complexity index is 829. The molecular weight excluding hydrogens is 489 g/mol.